The number of hydrogen-bond acceptors (Lipinski definition) is 2. The van der Waals surface area contributed by atoms with Crippen LogP contribution in [-0.4, -0.2) is 18.9 Å². The molecule has 0 radical (unpaired) electrons. The lowest BCUT2D eigenvalue weighted by Gasteiger charge is -2.07. The van der Waals surface area contributed by atoms with E-state index in [0.29, 0.717) is 0 Å². The summed E-state index contributed by atoms with van der Waals surface area (Å²) in [5, 5.41) is 7.02. The Morgan fingerprint density at radius 3 is 2.60 bits per heavy atom. The van der Waals surface area contributed by atoms with Crippen LogP contribution in [0.3, 0.4) is 0 Å². The van der Waals surface area contributed by atoms with Crippen LogP contribution in [0.1, 0.15) is 5.56 Å². The van der Waals surface area contributed by atoms with E-state index in [4.69, 9.17) is 11.1 Å². The minimum atomic E-state index is -2.66. The van der Waals surface area contributed by atoms with Crippen molar-refractivity contribution in [2.45, 2.75) is 6.43 Å². The van der Waals surface area contributed by atoms with Crippen LogP contribution in [0, 0.1) is 11.2 Å². The molecule has 3 nitrogen and oxygen atoms in total. The molecule has 6 heteroatoms. The molecule has 0 aromatic heterocycles. The summed E-state index contributed by atoms with van der Waals surface area (Å²) in [7, 11) is 0. The Hall–Kier alpha value is -1.72. The lowest BCUT2D eigenvalue weighted by Crippen LogP contribution is -2.12. The zero-order chi connectivity index (χ0) is 11.4. The van der Waals surface area contributed by atoms with Crippen LogP contribution in [0.15, 0.2) is 18.2 Å². The number of halogens is 3. The molecule has 0 heterocycles. The first-order chi connectivity index (χ1) is 7.00. The van der Waals surface area contributed by atoms with Gasteiger partial charge >= 0.3 is 0 Å². The Morgan fingerprint density at radius 2 is 2.13 bits per heavy atom. The molecule has 0 aliphatic carbocycles. The quantitative estimate of drug-likeness (QED) is 0.597. The predicted molar refractivity (Wildman–Crippen MR) is 48.9 cm³/mol. The molecule has 0 spiro atoms. The lowest BCUT2D eigenvalue weighted by atomic mass is 10.2. The summed E-state index contributed by atoms with van der Waals surface area (Å²) < 4.78 is 41.2. The van der Waals surface area contributed by atoms with Gasteiger partial charge in [0.05, 0.1) is 0 Å². The lowest BCUT2D eigenvalue weighted by molar-refractivity contribution is 0.0799. The molecule has 82 valence electrons. The third kappa shape index (κ3) is 3.16. The highest BCUT2D eigenvalue weighted by Crippen LogP contribution is 2.18. The Kier molecular flexibility index (Phi) is 3.54. The Labute approximate surface area is 84.2 Å². The van der Waals surface area contributed by atoms with Crippen molar-refractivity contribution >= 4 is 5.84 Å². The maximum Gasteiger partial charge on any atom is 0.272 e. The van der Waals surface area contributed by atoms with Gasteiger partial charge in [0, 0.05) is 5.56 Å². The average Bonchev–Trinajstić information content (AvgIpc) is 2.15. The van der Waals surface area contributed by atoms with Crippen molar-refractivity contribution in [3.8, 4) is 5.75 Å². The van der Waals surface area contributed by atoms with Crippen LogP contribution in [0.4, 0.5) is 13.2 Å². The molecule has 0 saturated carbocycles. The van der Waals surface area contributed by atoms with Crippen molar-refractivity contribution in [1.82, 2.24) is 0 Å². The van der Waals surface area contributed by atoms with Gasteiger partial charge in [-0.25, -0.2) is 13.2 Å². The second kappa shape index (κ2) is 4.68. The van der Waals surface area contributed by atoms with Gasteiger partial charge in [0.25, 0.3) is 6.43 Å². The fourth-order valence-corrected chi connectivity index (χ4v) is 0.938. The van der Waals surface area contributed by atoms with Gasteiger partial charge in [-0.2, -0.15) is 0 Å². The molecule has 0 amide bonds. The first kappa shape index (κ1) is 11.4. The van der Waals surface area contributed by atoms with Gasteiger partial charge in [-0.1, -0.05) is 0 Å². The third-order valence-electron chi connectivity index (χ3n) is 1.61. The van der Waals surface area contributed by atoms with Gasteiger partial charge in [-0.15, -0.1) is 0 Å². The molecule has 3 N–H and O–H groups in total. The highest BCUT2D eigenvalue weighted by atomic mass is 19.3. The molecule has 0 saturated heterocycles. The average molecular weight is 218 g/mol. The zero-order valence-corrected chi connectivity index (χ0v) is 7.64. The summed E-state index contributed by atoms with van der Waals surface area (Å²) in [6.45, 7) is -0.865. The Morgan fingerprint density at radius 1 is 1.47 bits per heavy atom. The van der Waals surface area contributed by atoms with E-state index in [1.54, 1.807) is 0 Å². The van der Waals surface area contributed by atoms with Crippen LogP contribution < -0.4 is 10.5 Å². The molecule has 1 aromatic rings. The predicted octanol–water partition coefficient (Wildman–Crippen LogP) is 1.75. The summed E-state index contributed by atoms with van der Waals surface area (Å²) in [6.07, 6.45) is -2.66. The topological polar surface area (TPSA) is 59.1 Å². The van der Waals surface area contributed by atoms with E-state index in [-0.39, 0.29) is 17.1 Å². The SMILES string of the molecule is N=C(N)c1ccc(OCC(F)F)c(F)c1. The van der Waals surface area contributed by atoms with Crippen molar-refractivity contribution in [2.75, 3.05) is 6.61 Å². The van der Waals surface area contributed by atoms with E-state index >= 15 is 0 Å². The van der Waals surface area contributed by atoms with Crippen LogP contribution in [-0.2, 0) is 0 Å². The van der Waals surface area contributed by atoms with E-state index in [0.717, 1.165) is 12.1 Å². The first-order valence-electron chi connectivity index (χ1n) is 4.05. The van der Waals surface area contributed by atoms with Crippen LogP contribution in [0.5, 0.6) is 5.75 Å². The molecule has 0 fully saturated rings. The monoisotopic (exact) mass is 218 g/mol. The van der Waals surface area contributed by atoms with Gasteiger partial charge in [-0.3, -0.25) is 5.41 Å². The highest BCUT2D eigenvalue weighted by Gasteiger charge is 2.09. The number of amidine groups is 1. The van der Waals surface area contributed by atoms with Crippen molar-refractivity contribution in [3.63, 3.8) is 0 Å². The summed E-state index contributed by atoms with van der Waals surface area (Å²) in [4.78, 5) is 0. The summed E-state index contributed by atoms with van der Waals surface area (Å²) in [5.41, 5.74) is 5.29. The Balaban J connectivity index is 2.79. The van der Waals surface area contributed by atoms with Crippen molar-refractivity contribution in [2.24, 2.45) is 5.73 Å². The van der Waals surface area contributed by atoms with Crippen molar-refractivity contribution in [3.05, 3.63) is 29.6 Å². The molecular weight excluding hydrogens is 209 g/mol. The normalized spacial score (nSPS) is 10.4. The molecule has 0 bridgehead atoms. The van der Waals surface area contributed by atoms with Crippen molar-refractivity contribution < 1.29 is 17.9 Å². The maximum absolute atomic E-state index is 13.1. The fraction of sp³-hybridized carbons (Fsp3) is 0.222. The fourth-order valence-electron chi connectivity index (χ4n) is 0.938. The van der Waals surface area contributed by atoms with Gasteiger partial charge < -0.3 is 10.5 Å². The number of rotatable bonds is 4. The maximum atomic E-state index is 13.1. The van der Waals surface area contributed by atoms with Crippen LogP contribution >= 0.6 is 0 Å². The largest absolute Gasteiger partial charge is 0.485 e. The van der Waals surface area contributed by atoms with Crippen LogP contribution in [0.2, 0.25) is 0 Å². The Bertz CT molecular complexity index is 368. The third-order valence-corrected chi connectivity index (χ3v) is 1.61. The minimum Gasteiger partial charge on any atom is -0.485 e. The second-order valence-electron chi connectivity index (χ2n) is 2.76. The van der Waals surface area contributed by atoms with Crippen LogP contribution in [0.25, 0.3) is 0 Å². The number of ether oxygens (including phenoxy) is 1. The first-order valence-corrected chi connectivity index (χ1v) is 4.05. The van der Waals surface area contributed by atoms with E-state index in [9.17, 15) is 13.2 Å². The minimum absolute atomic E-state index is 0.178. The molecule has 1 rings (SSSR count). The molecule has 0 atom stereocenters. The van der Waals surface area contributed by atoms with E-state index in [1.165, 1.54) is 6.07 Å². The molecule has 0 aliphatic heterocycles. The molecule has 0 aliphatic rings. The zero-order valence-electron chi connectivity index (χ0n) is 7.64. The standard InChI is InChI=1S/C9H9F3N2O/c10-6-3-5(9(13)14)1-2-7(6)15-4-8(11)12/h1-3,8H,4H2,(H3,13,14). The smallest absolute Gasteiger partial charge is 0.272 e. The van der Waals surface area contributed by atoms with E-state index < -0.39 is 18.8 Å². The number of nitrogen functional groups attached to an aromatic ring is 1. The number of nitrogens with two attached hydrogens (primary N) is 1. The van der Waals surface area contributed by atoms with E-state index in [2.05, 4.69) is 4.74 Å². The number of nitrogens with one attached hydrogen (secondary N) is 1. The highest BCUT2D eigenvalue weighted by molar-refractivity contribution is 5.95. The second-order valence-corrected chi connectivity index (χ2v) is 2.76. The van der Waals surface area contributed by atoms with Crippen molar-refractivity contribution in [1.29, 1.82) is 5.41 Å². The molecular formula is C9H9F3N2O. The van der Waals surface area contributed by atoms with Gasteiger partial charge in [0.2, 0.25) is 0 Å². The molecule has 0 unspecified atom stereocenters. The number of alkyl halides is 2. The van der Waals surface area contributed by atoms with E-state index in [1.807, 2.05) is 0 Å². The van der Waals surface area contributed by atoms with Gasteiger partial charge in [0.1, 0.15) is 12.4 Å². The number of hydrogen-bond donors (Lipinski definition) is 2. The number of benzene rings is 1. The summed E-state index contributed by atoms with van der Waals surface area (Å²) >= 11 is 0. The van der Waals surface area contributed by atoms with Gasteiger partial charge in [0.15, 0.2) is 11.6 Å². The summed E-state index contributed by atoms with van der Waals surface area (Å²) in [5.74, 6) is -1.39. The summed E-state index contributed by atoms with van der Waals surface area (Å²) in [6, 6.07) is 3.45. The molecule has 1 aromatic carbocycles. The van der Waals surface area contributed by atoms with Gasteiger partial charge in [-0.05, 0) is 18.2 Å². The molecule has 15 heavy (non-hydrogen) atoms.